The second-order valence-electron chi connectivity index (χ2n) is 4.62. The summed E-state index contributed by atoms with van der Waals surface area (Å²) < 4.78 is 89.9. The van der Waals surface area contributed by atoms with Crippen LogP contribution in [-0.2, 0) is 0 Å². The molecule has 0 aromatic carbocycles. The number of carbonyl (C=O) groups is 1. The van der Waals surface area contributed by atoms with Gasteiger partial charge in [-0.25, -0.2) is 0 Å². The van der Waals surface area contributed by atoms with Gasteiger partial charge in [0, 0.05) is 10.0 Å². The van der Waals surface area contributed by atoms with Crippen molar-refractivity contribution in [3.05, 3.63) is 46.4 Å². The summed E-state index contributed by atoms with van der Waals surface area (Å²) in [5.41, 5.74) is -0.856. The Morgan fingerprint density at radius 2 is 1.39 bits per heavy atom. The van der Waals surface area contributed by atoms with Crippen LogP contribution in [0.1, 0.15) is 10.4 Å². The molecule has 0 aromatic rings. The standard InChI is InChI=1S/C14H6BrF7O/c15-10-6-9(7-4-2-1-3-5-8(7)10)11(23)12(16,17)13(18,19)14(20,21)22/h1-6H. The SMILES string of the molecule is O=C(c1cc(Br)c2cccccc1-2)C(F)(F)C(F)(F)C(F)(F)F. The van der Waals surface area contributed by atoms with E-state index in [0.717, 1.165) is 6.07 Å². The van der Waals surface area contributed by atoms with Gasteiger partial charge in [0.15, 0.2) is 0 Å². The molecule has 0 bridgehead atoms. The number of Topliss-reactive ketones (excluding diaryl/α,β-unsaturated/α-hetero) is 1. The average Bonchev–Trinajstić information content (AvgIpc) is 2.63. The zero-order valence-corrected chi connectivity index (χ0v) is 12.5. The smallest absolute Gasteiger partial charge is 0.287 e. The molecule has 0 aromatic heterocycles. The Labute approximate surface area is 133 Å². The topological polar surface area (TPSA) is 17.1 Å². The highest BCUT2D eigenvalue weighted by atomic mass is 79.9. The predicted octanol–water partition coefficient (Wildman–Crippen LogP) is 5.57. The van der Waals surface area contributed by atoms with Crippen molar-refractivity contribution >= 4 is 21.7 Å². The maximum Gasteiger partial charge on any atom is 0.460 e. The minimum absolute atomic E-state index is 0.123. The molecule has 124 valence electrons. The fourth-order valence-corrected chi connectivity index (χ4v) is 2.52. The highest BCUT2D eigenvalue weighted by Gasteiger charge is 2.76. The van der Waals surface area contributed by atoms with Crippen LogP contribution in [0.15, 0.2) is 40.9 Å². The largest absolute Gasteiger partial charge is 0.460 e. The van der Waals surface area contributed by atoms with Gasteiger partial charge in [-0.1, -0.05) is 46.3 Å². The Kier molecular flexibility index (Phi) is 4.21. The molecule has 2 aliphatic carbocycles. The molecule has 0 N–H and O–H groups in total. The zero-order chi connectivity index (χ0) is 17.6. The van der Waals surface area contributed by atoms with E-state index in [-0.39, 0.29) is 15.6 Å². The molecule has 0 heterocycles. The monoisotopic (exact) mass is 402 g/mol. The fraction of sp³-hybridized carbons (Fsp3) is 0.214. The summed E-state index contributed by atoms with van der Waals surface area (Å²) in [7, 11) is 0. The van der Waals surface area contributed by atoms with Crippen molar-refractivity contribution in [3.63, 3.8) is 0 Å². The molecule has 0 radical (unpaired) electrons. The van der Waals surface area contributed by atoms with Crippen LogP contribution in [0.4, 0.5) is 30.7 Å². The van der Waals surface area contributed by atoms with Crippen molar-refractivity contribution in [2.75, 3.05) is 0 Å². The van der Waals surface area contributed by atoms with Crippen LogP contribution in [0.25, 0.3) is 11.1 Å². The van der Waals surface area contributed by atoms with E-state index in [0.29, 0.717) is 0 Å². The first-order valence-corrected chi connectivity index (χ1v) is 6.75. The molecule has 23 heavy (non-hydrogen) atoms. The normalized spacial score (nSPS) is 13.4. The summed E-state index contributed by atoms with van der Waals surface area (Å²) in [5, 5.41) is 0. The van der Waals surface area contributed by atoms with Gasteiger partial charge in [-0.05, 0) is 17.2 Å². The molecule has 0 saturated heterocycles. The number of rotatable bonds is 3. The number of hydrogen-bond acceptors (Lipinski definition) is 1. The third-order valence-electron chi connectivity index (χ3n) is 3.14. The number of ketones is 1. The Hall–Kier alpha value is -1.64. The summed E-state index contributed by atoms with van der Waals surface area (Å²) in [6, 6.07) is 7.68. The summed E-state index contributed by atoms with van der Waals surface area (Å²) in [5.74, 6) is -15.0. The number of halogens is 8. The second kappa shape index (κ2) is 5.47. The summed E-state index contributed by atoms with van der Waals surface area (Å²) in [6.45, 7) is 0. The molecular weight excluding hydrogens is 397 g/mol. The lowest BCUT2D eigenvalue weighted by atomic mass is 9.98. The number of alkyl halides is 7. The number of carbonyl (C=O) groups excluding carboxylic acids is 1. The van der Waals surface area contributed by atoms with Gasteiger partial charge in [0.25, 0.3) is 0 Å². The van der Waals surface area contributed by atoms with E-state index in [1.165, 1.54) is 30.3 Å². The lowest BCUT2D eigenvalue weighted by Crippen LogP contribution is -2.56. The molecule has 0 atom stereocenters. The highest BCUT2D eigenvalue weighted by molar-refractivity contribution is 9.10. The van der Waals surface area contributed by atoms with E-state index in [1.807, 2.05) is 0 Å². The second-order valence-corrected chi connectivity index (χ2v) is 5.47. The Morgan fingerprint density at radius 1 is 0.870 bits per heavy atom. The zero-order valence-electron chi connectivity index (χ0n) is 10.9. The van der Waals surface area contributed by atoms with Crippen molar-refractivity contribution in [1.82, 2.24) is 0 Å². The van der Waals surface area contributed by atoms with E-state index in [1.54, 1.807) is 0 Å². The molecule has 1 nitrogen and oxygen atoms in total. The van der Waals surface area contributed by atoms with Crippen LogP contribution in [0.3, 0.4) is 0 Å². The molecule has 0 amide bonds. The number of hydrogen-bond donors (Lipinski definition) is 0. The van der Waals surface area contributed by atoms with E-state index >= 15 is 0 Å². The summed E-state index contributed by atoms with van der Waals surface area (Å²) in [6.07, 6.45) is -6.56. The minimum atomic E-state index is -6.56. The molecule has 9 heteroatoms. The highest BCUT2D eigenvalue weighted by Crippen LogP contribution is 2.49. The first kappa shape index (κ1) is 17.7. The van der Waals surface area contributed by atoms with Crippen molar-refractivity contribution in [2.24, 2.45) is 0 Å². The first-order chi connectivity index (χ1) is 10.4. The van der Waals surface area contributed by atoms with Crippen molar-refractivity contribution in [2.45, 2.75) is 18.0 Å². The third-order valence-corrected chi connectivity index (χ3v) is 3.79. The molecule has 0 fully saturated rings. The maximum atomic E-state index is 13.6. The van der Waals surface area contributed by atoms with E-state index in [2.05, 4.69) is 15.9 Å². The summed E-state index contributed by atoms with van der Waals surface area (Å²) >= 11 is 2.96. The van der Waals surface area contributed by atoms with E-state index in [9.17, 15) is 35.5 Å². The quantitative estimate of drug-likeness (QED) is 0.484. The van der Waals surface area contributed by atoms with Gasteiger partial charge >= 0.3 is 18.0 Å². The van der Waals surface area contributed by atoms with Crippen molar-refractivity contribution in [3.8, 4) is 11.1 Å². The first-order valence-electron chi connectivity index (χ1n) is 5.95. The fourth-order valence-electron chi connectivity index (χ4n) is 1.95. The molecule has 0 saturated carbocycles. The molecule has 0 spiro atoms. The van der Waals surface area contributed by atoms with Crippen LogP contribution in [-0.4, -0.2) is 23.8 Å². The van der Waals surface area contributed by atoms with Crippen LogP contribution < -0.4 is 0 Å². The van der Waals surface area contributed by atoms with E-state index in [4.69, 9.17) is 0 Å². The Balaban J connectivity index is 2.59. The van der Waals surface area contributed by atoms with E-state index < -0.39 is 29.4 Å². The molecule has 2 aliphatic rings. The van der Waals surface area contributed by atoms with Crippen LogP contribution >= 0.6 is 15.9 Å². The van der Waals surface area contributed by atoms with Crippen molar-refractivity contribution in [1.29, 1.82) is 0 Å². The van der Waals surface area contributed by atoms with Crippen LogP contribution in [0, 0.1) is 0 Å². The van der Waals surface area contributed by atoms with Crippen molar-refractivity contribution < 1.29 is 35.5 Å². The van der Waals surface area contributed by atoms with Gasteiger partial charge in [-0.2, -0.15) is 30.7 Å². The van der Waals surface area contributed by atoms with Gasteiger partial charge in [0.1, 0.15) is 0 Å². The molecule has 0 aliphatic heterocycles. The van der Waals surface area contributed by atoms with Gasteiger partial charge in [-0.15, -0.1) is 0 Å². The van der Waals surface area contributed by atoms with Gasteiger partial charge in [0.05, 0.1) is 0 Å². The van der Waals surface area contributed by atoms with Crippen LogP contribution in [0.2, 0.25) is 0 Å². The van der Waals surface area contributed by atoms with Gasteiger partial charge in [0.2, 0.25) is 5.78 Å². The minimum Gasteiger partial charge on any atom is -0.287 e. The lowest BCUT2D eigenvalue weighted by molar-refractivity contribution is -0.339. The Bertz CT molecular complexity index is 724. The maximum absolute atomic E-state index is 13.6. The third kappa shape index (κ3) is 2.71. The average molecular weight is 403 g/mol. The summed E-state index contributed by atoms with van der Waals surface area (Å²) in [4.78, 5) is 11.7. The van der Waals surface area contributed by atoms with Gasteiger partial charge < -0.3 is 0 Å². The number of fused-ring (bicyclic) bond motifs is 1. The molecular formula is C14H6BrF7O. The van der Waals surface area contributed by atoms with Crippen LogP contribution in [0.5, 0.6) is 0 Å². The molecule has 0 unspecified atom stereocenters. The predicted molar refractivity (Wildman–Crippen MR) is 71.0 cm³/mol. The lowest BCUT2D eigenvalue weighted by Gasteiger charge is -2.27. The van der Waals surface area contributed by atoms with Gasteiger partial charge in [-0.3, -0.25) is 4.79 Å². The Morgan fingerprint density at radius 3 is 1.91 bits per heavy atom. The molecule has 2 rings (SSSR count).